The highest BCUT2D eigenvalue weighted by atomic mass is 32.1. The lowest BCUT2D eigenvalue weighted by atomic mass is 9.89. The van der Waals surface area contributed by atoms with Crippen LogP contribution in [0.25, 0.3) is 0 Å². The normalized spacial score (nSPS) is 31.5. The number of hydrogen-bond acceptors (Lipinski definition) is 4. The summed E-state index contributed by atoms with van der Waals surface area (Å²) in [5.74, 6) is 0.703. The van der Waals surface area contributed by atoms with E-state index in [9.17, 15) is 0 Å². The summed E-state index contributed by atoms with van der Waals surface area (Å²) in [7, 11) is 2.23. The topological polar surface area (TPSA) is 28.2 Å². The van der Waals surface area contributed by atoms with Crippen LogP contribution < -0.4 is 5.32 Å². The van der Waals surface area contributed by atoms with E-state index in [4.69, 9.17) is 0 Å². The summed E-state index contributed by atoms with van der Waals surface area (Å²) in [4.78, 5) is 7.04. The van der Waals surface area contributed by atoms with Gasteiger partial charge >= 0.3 is 0 Å². The van der Waals surface area contributed by atoms with Gasteiger partial charge in [-0.15, -0.1) is 11.3 Å². The Balaban J connectivity index is 1.96. The fourth-order valence-corrected chi connectivity index (χ4v) is 3.55. The van der Waals surface area contributed by atoms with Gasteiger partial charge in [-0.2, -0.15) is 0 Å². The predicted molar refractivity (Wildman–Crippen MR) is 78.1 cm³/mol. The smallest absolute Gasteiger partial charge is 0.110 e. The van der Waals surface area contributed by atoms with Gasteiger partial charge in [-0.25, -0.2) is 4.98 Å². The van der Waals surface area contributed by atoms with Crippen molar-refractivity contribution < 1.29 is 0 Å². The van der Waals surface area contributed by atoms with E-state index in [1.54, 1.807) is 11.3 Å². The number of thiazole rings is 1. The van der Waals surface area contributed by atoms with Crippen molar-refractivity contribution in [2.45, 2.75) is 52.2 Å². The predicted octanol–water partition coefficient (Wildman–Crippen LogP) is 2.83. The molecule has 0 radical (unpaired) electrons. The van der Waals surface area contributed by atoms with Crippen LogP contribution in [-0.4, -0.2) is 35.6 Å². The van der Waals surface area contributed by atoms with E-state index in [2.05, 4.69) is 55.3 Å². The lowest BCUT2D eigenvalue weighted by Gasteiger charge is -2.41. The van der Waals surface area contributed by atoms with Gasteiger partial charge in [0.05, 0.1) is 6.04 Å². The largest absolute Gasteiger partial charge is 0.305 e. The molecule has 3 nitrogen and oxygen atoms in total. The van der Waals surface area contributed by atoms with E-state index >= 15 is 0 Å². The summed E-state index contributed by atoms with van der Waals surface area (Å²) >= 11 is 1.76. The van der Waals surface area contributed by atoms with E-state index in [1.807, 2.05) is 0 Å². The van der Waals surface area contributed by atoms with E-state index < -0.39 is 0 Å². The minimum absolute atomic E-state index is 0.367. The van der Waals surface area contributed by atoms with Crippen LogP contribution in [0.5, 0.6) is 0 Å². The molecule has 1 aliphatic rings. The van der Waals surface area contributed by atoms with E-state index in [0.717, 1.165) is 5.69 Å². The maximum atomic E-state index is 4.58. The third-order valence-corrected chi connectivity index (χ3v) is 5.23. The molecule has 4 atom stereocenters. The molecule has 102 valence electrons. The molecule has 4 heteroatoms. The first kappa shape index (κ1) is 14.0. The fraction of sp³-hybridized carbons (Fsp3) is 0.786. The molecule has 18 heavy (non-hydrogen) atoms. The molecule has 1 N–H and O–H groups in total. The van der Waals surface area contributed by atoms with Crippen molar-refractivity contribution in [1.82, 2.24) is 15.2 Å². The first-order valence-corrected chi connectivity index (χ1v) is 7.73. The lowest BCUT2D eigenvalue weighted by molar-refractivity contribution is 0.116. The van der Waals surface area contributed by atoms with Gasteiger partial charge in [-0.1, -0.05) is 6.92 Å². The van der Waals surface area contributed by atoms with Gasteiger partial charge in [0.25, 0.3) is 0 Å². The second kappa shape index (κ2) is 5.68. The van der Waals surface area contributed by atoms with Crippen molar-refractivity contribution in [3.63, 3.8) is 0 Å². The Kier molecular flexibility index (Phi) is 4.41. The van der Waals surface area contributed by atoms with Crippen molar-refractivity contribution in [2.75, 3.05) is 13.6 Å². The van der Waals surface area contributed by atoms with Gasteiger partial charge in [-0.05, 0) is 40.2 Å². The summed E-state index contributed by atoms with van der Waals surface area (Å²) in [6, 6.07) is 1.64. The number of hydrogen-bond donors (Lipinski definition) is 1. The number of likely N-dealkylation sites (tertiary alicyclic amines) is 1. The summed E-state index contributed by atoms with van der Waals surface area (Å²) in [6.07, 6.45) is 1.23. The minimum atomic E-state index is 0.367. The van der Waals surface area contributed by atoms with Crippen LogP contribution >= 0.6 is 11.3 Å². The zero-order valence-electron chi connectivity index (χ0n) is 12.1. The van der Waals surface area contributed by atoms with Crippen LogP contribution in [0, 0.1) is 12.8 Å². The summed E-state index contributed by atoms with van der Waals surface area (Å²) in [6.45, 7) is 10.1. The van der Waals surface area contributed by atoms with Crippen LogP contribution in [0.3, 0.4) is 0 Å². The molecule has 1 aromatic heterocycles. The SMILES string of the molecule is Cc1csc(C(C)NC2CC(C)N(C)CC2C)n1. The Bertz CT molecular complexity index is 390. The fourth-order valence-electron chi connectivity index (χ4n) is 2.74. The number of aromatic nitrogens is 1. The zero-order valence-corrected chi connectivity index (χ0v) is 12.9. The molecular formula is C14H25N3S. The summed E-state index contributed by atoms with van der Waals surface area (Å²) in [5, 5.41) is 7.12. The third kappa shape index (κ3) is 3.11. The maximum absolute atomic E-state index is 4.58. The molecule has 2 rings (SSSR count). The van der Waals surface area contributed by atoms with Gasteiger partial charge in [-0.3, -0.25) is 0 Å². The van der Waals surface area contributed by atoms with Gasteiger partial charge < -0.3 is 10.2 Å². The Labute approximate surface area is 115 Å². The van der Waals surface area contributed by atoms with Crippen LogP contribution in [0.4, 0.5) is 0 Å². The molecule has 1 aliphatic heterocycles. The van der Waals surface area contributed by atoms with Crippen molar-refractivity contribution in [2.24, 2.45) is 5.92 Å². The third-order valence-electron chi connectivity index (χ3n) is 4.08. The molecule has 1 aromatic rings. The molecule has 4 unspecified atom stereocenters. The molecule has 0 spiro atoms. The Morgan fingerprint density at radius 1 is 1.50 bits per heavy atom. The highest BCUT2D eigenvalue weighted by Gasteiger charge is 2.30. The molecule has 0 bridgehead atoms. The second-order valence-electron chi connectivity index (χ2n) is 5.82. The lowest BCUT2D eigenvalue weighted by Crippen LogP contribution is -2.51. The van der Waals surface area contributed by atoms with E-state index in [-0.39, 0.29) is 0 Å². The van der Waals surface area contributed by atoms with Gasteiger partial charge in [0.1, 0.15) is 5.01 Å². The Morgan fingerprint density at radius 2 is 2.22 bits per heavy atom. The van der Waals surface area contributed by atoms with Crippen LogP contribution in [0.2, 0.25) is 0 Å². The molecule has 1 saturated heterocycles. The number of nitrogens with one attached hydrogen (secondary N) is 1. The first-order chi connectivity index (χ1) is 8.47. The number of aryl methyl sites for hydroxylation is 1. The number of rotatable bonds is 3. The van der Waals surface area contributed by atoms with Crippen molar-refractivity contribution in [1.29, 1.82) is 0 Å². The van der Waals surface area contributed by atoms with E-state index in [0.29, 0.717) is 24.0 Å². The highest BCUT2D eigenvalue weighted by molar-refractivity contribution is 7.09. The minimum Gasteiger partial charge on any atom is -0.305 e. The van der Waals surface area contributed by atoms with Gasteiger partial charge in [0, 0.05) is 29.7 Å². The van der Waals surface area contributed by atoms with Crippen LogP contribution in [0.1, 0.15) is 43.9 Å². The molecular weight excluding hydrogens is 242 g/mol. The van der Waals surface area contributed by atoms with Gasteiger partial charge in [0.2, 0.25) is 0 Å². The molecule has 2 heterocycles. The molecule has 0 saturated carbocycles. The average molecular weight is 267 g/mol. The monoisotopic (exact) mass is 267 g/mol. The Morgan fingerprint density at radius 3 is 2.83 bits per heavy atom. The van der Waals surface area contributed by atoms with Crippen molar-refractivity contribution in [3.05, 3.63) is 16.1 Å². The van der Waals surface area contributed by atoms with Crippen molar-refractivity contribution >= 4 is 11.3 Å². The summed E-state index contributed by atoms with van der Waals surface area (Å²) < 4.78 is 0. The van der Waals surface area contributed by atoms with Crippen LogP contribution in [0.15, 0.2) is 5.38 Å². The maximum Gasteiger partial charge on any atom is 0.110 e. The van der Waals surface area contributed by atoms with Crippen LogP contribution in [-0.2, 0) is 0 Å². The highest BCUT2D eigenvalue weighted by Crippen LogP contribution is 2.25. The molecule has 1 fully saturated rings. The summed E-state index contributed by atoms with van der Waals surface area (Å²) in [5.41, 5.74) is 1.13. The standard InChI is InChI=1S/C14H25N3S/c1-9-7-17(5)11(3)6-13(9)16-12(4)14-15-10(2)8-18-14/h8-9,11-13,16H,6-7H2,1-5H3. The number of nitrogens with zero attached hydrogens (tertiary/aromatic N) is 2. The average Bonchev–Trinajstić information content (AvgIpc) is 2.73. The Hall–Kier alpha value is -0.450. The molecule has 0 aliphatic carbocycles. The zero-order chi connectivity index (χ0) is 13.3. The quantitative estimate of drug-likeness (QED) is 0.913. The van der Waals surface area contributed by atoms with Crippen molar-refractivity contribution in [3.8, 4) is 0 Å². The van der Waals surface area contributed by atoms with Gasteiger partial charge in [0.15, 0.2) is 0 Å². The molecule has 0 aromatic carbocycles. The number of piperidine rings is 1. The first-order valence-electron chi connectivity index (χ1n) is 6.85. The second-order valence-corrected chi connectivity index (χ2v) is 6.71. The molecule has 0 amide bonds. The van der Waals surface area contributed by atoms with E-state index in [1.165, 1.54) is 18.0 Å².